The first-order valence-corrected chi connectivity index (χ1v) is 6.26. The lowest BCUT2D eigenvalue weighted by Crippen LogP contribution is -2.14. The summed E-state index contributed by atoms with van der Waals surface area (Å²) in [7, 11) is 0. The standard InChI is InChI=1S/C14H19NO3/c15-12(5-6-13(17)18)10-1-3-11(4-2-10)14(9-16)7-8-14/h1-4,12,16H,5-9,15H2,(H,17,18). The van der Waals surface area contributed by atoms with Crippen molar-refractivity contribution >= 4 is 5.97 Å². The quantitative estimate of drug-likeness (QED) is 0.714. The molecule has 0 spiro atoms. The normalized spacial score (nSPS) is 18.3. The van der Waals surface area contributed by atoms with E-state index in [0.29, 0.717) is 6.42 Å². The predicted octanol–water partition coefficient (Wildman–Crippen LogP) is 1.58. The summed E-state index contributed by atoms with van der Waals surface area (Å²) in [6.45, 7) is 0.192. The summed E-state index contributed by atoms with van der Waals surface area (Å²) < 4.78 is 0. The van der Waals surface area contributed by atoms with E-state index in [1.165, 1.54) is 0 Å². The van der Waals surface area contributed by atoms with E-state index < -0.39 is 5.97 Å². The molecule has 4 nitrogen and oxygen atoms in total. The van der Waals surface area contributed by atoms with Gasteiger partial charge in [-0.1, -0.05) is 24.3 Å². The van der Waals surface area contributed by atoms with Crippen molar-refractivity contribution in [1.29, 1.82) is 0 Å². The van der Waals surface area contributed by atoms with Crippen molar-refractivity contribution in [2.24, 2.45) is 5.73 Å². The second kappa shape index (κ2) is 5.08. The smallest absolute Gasteiger partial charge is 0.303 e. The Balaban J connectivity index is 2.01. The topological polar surface area (TPSA) is 83.6 Å². The number of carboxylic acid groups (broad SMARTS) is 1. The Kier molecular flexibility index (Phi) is 3.68. The third-order valence-corrected chi connectivity index (χ3v) is 3.78. The molecule has 98 valence electrons. The highest BCUT2D eigenvalue weighted by Crippen LogP contribution is 2.47. The van der Waals surface area contributed by atoms with Crippen molar-refractivity contribution in [1.82, 2.24) is 0 Å². The van der Waals surface area contributed by atoms with Crippen LogP contribution in [0.3, 0.4) is 0 Å². The van der Waals surface area contributed by atoms with Crippen molar-refractivity contribution in [3.05, 3.63) is 35.4 Å². The molecule has 4 heteroatoms. The lowest BCUT2D eigenvalue weighted by Gasteiger charge is -2.15. The molecular formula is C14H19NO3. The van der Waals surface area contributed by atoms with Crippen LogP contribution in [-0.4, -0.2) is 22.8 Å². The van der Waals surface area contributed by atoms with Crippen molar-refractivity contribution in [3.63, 3.8) is 0 Å². The number of nitrogens with two attached hydrogens (primary N) is 1. The van der Waals surface area contributed by atoms with Gasteiger partial charge in [0.15, 0.2) is 0 Å². The van der Waals surface area contributed by atoms with Gasteiger partial charge in [-0.2, -0.15) is 0 Å². The summed E-state index contributed by atoms with van der Waals surface area (Å²) in [6.07, 6.45) is 2.60. The molecule has 2 rings (SSSR count). The molecule has 1 aliphatic rings. The minimum atomic E-state index is -0.820. The first kappa shape index (κ1) is 13.1. The largest absolute Gasteiger partial charge is 0.481 e. The monoisotopic (exact) mass is 249 g/mol. The molecule has 1 aromatic rings. The fraction of sp³-hybridized carbons (Fsp3) is 0.500. The summed E-state index contributed by atoms with van der Waals surface area (Å²) >= 11 is 0. The maximum atomic E-state index is 10.5. The lowest BCUT2D eigenvalue weighted by atomic mass is 9.94. The number of aliphatic hydroxyl groups is 1. The highest BCUT2D eigenvalue weighted by Gasteiger charge is 2.43. The number of hydrogen-bond donors (Lipinski definition) is 3. The van der Waals surface area contributed by atoms with Crippen LogP contribution in [0.15, 0.2) is 24.3 Å². The summed E-state index contributed by atoms with van der Waals surface area (Å²) in [4.78, 5) is 10.5. The second-order valence-corrected chi connectivity index (χ2v) is 5.10. The maximum Gasteiger partial charge on any atom is 0.303 e. The molecule has 0 aromatic heterocycles. The molecule has 0 amide bonds. The van der Waals surface area contributed by atoms with E-state index in [2.05, 4.69) is 0 Å². The number of aliphatic carboxylic acids is 1. The number of carbonyl (C=O) groups is 1. The number of hydrogen-bond acceptors (Lipinski definition) is 3. The van der Waals surface area contributed by atoms with Gasteiger partial charge < -0.3 is 15.9 Å². The van der Waals surface area contributed by atoms with E-state index in [1.54, 1.807) is 0 Å². The van der Waals surface area contributed by atoms with E-state index in [9.17, 15) is 9.90 Å². The number of carboxylic acids is 1. The molecule has 0 heterocycles. The average Bonchev–Trinajstić information content (AvgIpc) is 3.17. The SMILES string of the molecule is NC(CCC(=O)O)c1ccc(C2(CO)CC2)cc1. The first-order valence-electron chi connectivity index (χ1n) is 6.26. The van der Waals surface area contributed by atoms with Crippen molar-refractivity contribution in [2.75, 3.05) is 6.61 Å². The maximum absolute atomic E-state index is 10.5. The summed E-state index contributed by atoms with van der Waals surface area (Å²) in [5, 5.41) is 18.0. The van der Waals surface area contributed by atoms with Gasteiger partial charge >= 0.3 is 5.97 Å². The van der Waals surface area contributed by atoms with Gasteiger partial charge in [0.05, 0.1) is 6.61 Å². The zero-order valence-electron chi connectivity index (χ0n) is 10.3. The molecular weight excluding hydrogens is 230 g/mol. The average molecular weight is 249 g/mol. The van der Waals surface area contributed by atoms with Crippen LogP contribution in [0.2, 0.25) is 0 Å². The Hall–Kier alpha value is -1.39. The Morgan fingerprint density at radius 3 is 2.39 bits per heavy atom. The van der Waals surface area contributed by atoms with Crippen molar-refractivity contribution in [3.8, 4) is 0 Å². The summed E-state index contributed by atoms with van der Waals surface area (Å²) in [6, 6.07) is 7.65. The van der Waals surface area contributed by atoms with Crippen LogP contribution in [0.25, 0.3) is 0 Å². The summed E-state index contributed by atoms with van der Waals surface area (Å²) in [5.41, 5.74) is 8.02. The highest BCUT2D eigenvalue weighted by atomic mass is 16.4. The molecule has 4 N–H and O–H groups in total. The fourth-order valence-electron chi connectivity index (χ4n) is 2.22. The van der Waals surface area contributed by atoms with Crippen molar-refractivity contribution in [2.45, 2.75) is 37.1 Å². The van der Waals surface area contributed by atoms with Gasteiger partial charge in [-0.15, -0.1) is 0 Å². The Labute approximate surface area is 106 Å². The van der Waals surface area contributed by atoms with E-state index in [1.807, 2.05) is 24.3 Å². The number of benzene rings is 1. The predicted molar refractivity (Wildman–Crippen MR) is 68.2 cm³/mol. The summed E-state index contributed by atoms with van der Waals surface area (Å²) in [5.74, 6) is -0.820. The van der Waals surface area contributed by atoms with Crippen LogP contribution in [0.4, 0.5) is 0 Å². The Morgan fingerprint density at radius 2 is 1.94 bits per heavy atom. The van der Waals surface area contributed by atoms with Gasteiger partial charge in [-0.3, -0.25) is 4.79 Å². The molecule has 1 aromatic carbocycles. The molecule has 1 fully saturated rings. The fourth-order valence-corrected chi connectivity index (χ4v) is 2.22. The first-order chi connectivity index (χ1) is 8.57. The van der Waals surface area contributed by atoms with E-state index in [4.69, 9.17) is 10.8 Å². The van der Waals surface area contributed by atoms with E-state index in [-0.39, 0.29) is 24.5 Å². The van der Waals surface area contributed by atoms with E-state index >= 15 is 0 Å². The zero-order valence-corrected chi connectivity index (χ0v) is 10.3. The molecule has 0 radical (unpaired) electrons. The van der Waals surface area contributed by atoms with Gasteiger partial charge in [-0.05, 0) is 30.4 Å². The van der Waals surface area contributed by atoms with Crippen LogP contribution >= 0.6 is 0 Å². The molecule has 1 atom stereocenters. The molecule has 0 aliphatic heterocycles. The van der Waals surface area contributed by atoms with Crippen LogP contribution in [-0.2, 0) is 10.2 Å². The second-order valence-electron chi connectivity index (χ2n) is 5.10. The third kappa shape index (κ3) is 2.71. The van der Waals surface area contributed by atoms with E-state index in [0.717, 1.165) is 24.0 Å². The molecule has 0 bridgehead atoms. The minimum absolute atomic E-state index is 0.0241. The zero-order chi connectivity index (χ0) is 13.2. The number of rotatable bonds is 6. The lowest BCUT2D eigenvalue weighted by molar-refractivity contribution is -0.137. The Morgan fingerprint density at radius 1 is 1.33 bits per heavy atom. The molecule has 18 heavy (non-hydrogen) atoms. The van der Waals surface area contributed by atoms with Crippen LogP contribution in [0.1, 0.15) is 42.9 Å². The van der Waals surface area contributed by atoms with Gasteiger partial charge in [0.1, 0.15) is 0 Å². The van der Waals surface area contributed by atoms with Crippen LogP contribution in [0.5, 0.6) is 0 Å². The van der Waals surface area contributed by atoms with Gasteiger partial charge in [-0.25, -0.2) is 0 Å². The molecule has 1 aliphatic carbocycles. The minimum Gasteiger partial charge on any atom is -0.481 e. The molecule has 0 saturated heterocycles. The third-order valence-electron chi connectivity index (χ3n) is 3.78. The van der Waals surface area contributed by atoms with Crippen LogP contribution in [0, 0.1) is 0 Å². The van der Waals surface area contributed by atoms with Gasteiger partial charge in [0.25, 0.3) is 0 Å². The van der Waals surface area contributed by atoms with Crippen LogP contribution < -0.4 is 5.73 Å². The molecule has 1 unspecified atom stereocenters. The molecule has 1 saturated carbocycles. The van der Waals surface area contributed by atoms with Gasteiger partial charge in [0, 0.05) is 17.9 Å². The number of aliphatic hydroxyl groups excluding tert-OH is 1. The van der Waals surface area contributed by atoms with Gasteiger partial charge in [0.2, 0.25) is 0 Å². The highest BCUT2D eigenvalue weighted by molar-refractivity contribution is 5.66. The Bertz CT molecular complexity index is 423. The van der Waals surface area contributed by atoms with Crippen molar-refractivity contribution < 1.29 is 15.0 Å².